The molecule has 0 saturated carbocycles. The summed E-state index contributed by atoms with van der Waals surface area (Å²) in [4.78, 5) is 62.1. The van der Waals surface area contributed by atoms with Crippen molar-refractivity contribution in [1.82, 2.24) is 21.3 Å². The van der Waals surface area contributed by atoms with Crippen LogP contribution in [0.25, 0.3) is 0 Å². The zero-order valence-corrected chi connectivity index (χ0v) is 23.9. The predicted octanol–water partition coefficient (Wildman–Crippen LogP) is -4.09. The van der Waals surface area contributed by atoms with Gasteiger partial charge in [-0.2, -0.15) is 0 Å². The number of carbonyl (C=O) groups is 5. The summed E-state index contributed by atoms with van der Waals surface area (Å²) in [6, 6.07) is -3.61. The van der Waals surface area contributed by atoms with E-state index >= 15 is 0 Å². The van der Waals surface area contributed by atoms with E-state index in [0.29, 0.717) is 19.4 Å². The summed E-state index contributed by atoms with van der Waals surface area (Å²) in [5.41, 5.74) is 5.40. The van der Waals surface area contributed by atoms with E-state index in [1.54, 1.807) is 27.7 Å². The first-order valence-corrected chi connectivity index (χ1v) is 13.5. The third-order valence-electron chi connectivity index (χ3n) is 6.11. The van der Waals surface area contributed by atoms with Crippen molar-refractivity contribution in [3.8, 4) is 0 Å². The lowest BCUT2D eigenvalue weighted by molar-refractivity contribution is -0.151. The Hall–Kier alpha value is -2.89. The van der Waals surface area contributed by atoms with Crippen LogP contribution in [0, 0.1) is 11.8 Å². The molecule has 238 valence electrons. The van der Waals surface area contributed by atoms with Gasteiger partial charge in [-0.05, 0) is 44.1 Å². The van der Waals surface area contributed by atoms with Crippen LogP contribution in [0.2, 0.25) is 0 Å². The minimum Gasteiger partial charge on any atom is -0.480 e. The van der Waals surface area contributed by atoms with Crippen LogP contribution in [-0.4, -0.2) is 122 Å². The Labute approximate surface area is 239 Å². The fourth-order valence-electron chi connectivity index (χ4n) is 3.70. The fourth-order valence-corrected chi connectivity index (χ4v) is 3.70. The molecule has 0 aliphatic carbocycles. The van der Waals surface area contributed by atoms with Crippen molar-refractivity contribution in [3.05, 3.63) is 0 Å². The van der Waals surface area contributed by atoms with E-state index in [1.807, 2.05) is 0 Å². The standard InChI is InChI=1S/C25H47N5O11/c1-12(2)9-15(22(37)27-10-17(33)28-14(25(40)41)7-5-6-8-26)29-23(38)18(13(3)4)30-24(39)21(36)20(35)19(34)16(32)11-31/h12-16,18-21,31-32,34-36H,5-11,26H2,1-4H3,(H,27,37)(H,28,33)(H,29,38)(H,30,39)(H,40,41)/t14-,15-,16+,18-,19+,20-,21+/m0/s1. The quantitative estimate of drug-likeness (QED) is 0.0601. The minimum atomic E-state index is -2.27. The lowest BCUT2D eigenvalue weighted by atomic mass is 9.98. The summed E-state index contributed by atoms with van der Waals surface area (Å²) in [7, 11) is 0. The van der Waals surface area contributed by atoms with Crippen LogP contribution in [-0.2, 0) is 24.0 Å². The van der Waals surface area contributed by atoms with E-state index < -0.39 is 91.2 Å². The molecule has 41 heavy (non-hydrogen) atoms. The number of aliphatic carboxylic acids is 1. The lowest BCUT2D eigenvalue weighted by Crippen LogP contribution is -2.59. The third-order valence-corrected chi connectivity index (χ3v) is 6.11. The summed E-state index contributed by atoms with van der Waals surface area (Å²) in [5, 5.41) is 66.8. The van der Waals surface area contributed by atoms with Gasteiger partial charge in [0.2, 0.25) is 17.7 Å². The number of hydrogen-bond acceptors (Lipinski definition) is 11. The molecule has 0 fully saturated rings. The Morgan fingerprint density at radius 1 is 0.780 bits per heavy atom. The number of rotatable bonds is 20. The minimum absolute atomic E-state index is 0.0951. The SMILES string of the molecule is CC(C)C[C@H](NC(=O)[C@@H](NC(=O)[C@H](O)[C@@H](O)[C@H](O)[C@H](O)CO)C(C)C)C(=O)NCC(=O)N[C@@H](CCCCN)C(=O)O. The van der Waals surface area contributed by atoms with Crippen molar-refractivity contribution in [1.29, 1.82) is 0 Å². The largest absolute Gasteiger partial charge is 0.480 e. The maximum atomic E-state index is 13.1. The first kappa shape index (κ1) is 38.1. The Bertz CT molecular complexity index is 858. The first-order chi connectivity index (χ1) is 19.1. The van der Waals surface area contributed by atoms with Crippen LogP contribution in [0.5, 0.6) is 0 Å². The average Bonchev–Trinajstić information content (AvgIpc) is 2.91. The number of aliphatic hydroxyl groups is 5. The van der Waals surface area contributed by atoms with Gasteiger partial charge in [-0.25, -0.2) is 4.79 Å². The van der Waals surface area contributed by atoms with E-state index in [1.165, 1.54) is 0 Å². The van der Waals surface area contributed by atoms with E-state index in [9.17, 15) is 49.5 Å². The van der Waals surface area contributed by atoms with Gasteiger partial charge >= 0.3 is 5.97 Å². The highest BCUT2D eigenvalue weighted by atomic mass is 16.4. The summed E-state index contributed by atoms with van der Waals surface area (Å²) in [5.74, 6) is -5.45. The van der Waals surface area contributed by atoms with Gasteiger partial charge in [0.25, 0.3) is 5.91 Å². The van der Waals surface area contributed by atoms with Crippen molar-refractivity contribution < 1.29 is 54.6 Å². The monoisotopic (exact) mass is 593 g/mol. The molecule has 0 radical (unpaired) electrons. The number of unbranched alkanes of at least 4 members (excludes halogenated alkanes) is 1. The molecule has 0 aliphatic rings. The molecular formula is C25H47N5O11. The smallest absolute Gasteiger partial charge is 0.326 e. The predicted molar refractivity (Wildman–Crippen MR) is 145 cm³/mol. The van der Waals surface area contributed by atoms with Gasteiger partial charge in [0.15, 0.2) is 6.10 Å². The normalized spacial score (nSPS) is 16.6. The van der Waals surface area contributed by atoms with Crippen LogP contribution < -0.4 is 27.0 Å². The summed E-state index contributed by atoms with van der Waals surface area (Å²) in [6.45, 7) is 5.56. The molecule has 0 saturated heterocycles. The molecule has 0 aromatic heterocycles. The molecule has 16 nitrogen and oxygen atoms in total. The van der Waals surface area contributed by atoms with Crippen molar-refractivity contribution in [2.45, 2.75) is 95.9 Å². The van der Waals surface area contributed by atoms with Gasteiger partial charge in [0.1, 0.15) is 36.4 Å². The molecule has 12 N–H and O–H groups in total. The molecule has 16 heteroatoms. The van der Waals surface area contributed by atoms with Crippen LogP contribution in [0.15, 0.2) is 0 Å². The molecule has 0 aromatic rings. The van der Waals surface area contributed by atoms with Gasteiger partial charge in [-0.3, -0.25) is 19.2 Å². The zero-order chi connectivity index (χ0) is 31.9. The number of nitrogens with two attached hydrogens (primary N) is 1. The first-order valence-electron chi connectivity index (χ1n) is 13.5. The number of carboxylic acid groups (broad SMARTS) is 1. The average molecular weight is 594 g/mol. The van der Waals surface area contributed by atoms with Crippen molar-refractivity contribution in [3.63, 3.8) is 0 Å². The number of carbonyl (C=O) groups excluding carboxylic acids is 4. The zero-order valence-electron chi connectivity index (χ0n) is 23.9. The van der Waals surface area contributed by atoms with Crippen molar-refractivity contribution >= 4 is 29.6 Å². The molecular weight excluding hydrogens is 546 g/mol. The van der Waals surface area contributed by atoms with Gasteiger partial charge in [-0.15, -0.1) is 0 Å². The Morgan fingerprint density at radius 3 is 1.88 bits per heavy atom. The second-order valence-corrected chi connectivity index (χ2v) is 10.6. The number of amides is 4. The van der Waals surface area contributed by atoms with E-state index in [2.05, 4.69) is 21.3 Å². The Kier molecular flexibility index (Phi) is 17.9. The summed E-state index contributed by atoms with van der Waals surface area (Å²) in [6.07, 6.45) is -6.97. The maximum absolute atomic E-state index is 13.1. The van der Waals surface area contributed by atoms with E-state index in [-0.39, 0.29) is 18.8 Å². The molecule has 0 spiro atoms. The highest BCUT2D eigenvalue weighted by Gasteiger charge is 2.37. The van der Waals surface area contributed by atoms with Crippen LogP contribution in [0.3, 0.4) is 0 Å². The molecule has 0 rings (SSSR count). The van der Waals surface area contributed by atoms with Crippen LogP contribution in [0.4, 0.5) is 0 Å². The summed E-state index contributed by atoms with van der Waals surface area (Å²) >= 11 is 0. The van der Waals surface area contributed by atoms with Gasteiger partial charge in [0, 0.05) is 0 Å². The van der Waals surface area contributed by atoms with E-state index in [0.717, 1.165) is 0 Å². The van der Waals surface area contributed by atoms with Gasteiger partial charge < -0.3 is 57.6 Å². The number of hydrogen-bond donors (Lipinski definition) is 11. The molecule has 0 bridgehead atoms. The molecule has 0 aliphatic heterocycles. The maximum Gasteiger partial charge on any atom is 0.326 e. The number of nitrogens with one attached hydrogen (secondary N) is 4. The van der Waals surface area contributed by atoms with Crippen molar-refractivity contribution in [2.75, 3.05) is 19.7 Å². The van der Waals surface area contributed by atoms with Crippen LogP contribution in [0.1, 0.15) is 53.4 Å². The number of carboxylic acids is 1. The third kappa shape index (κ3) is 14.0. The molecule has 0 heterocycles. The second-order valence-electron chi connectivity index (χ2n) is 10.6. The van der Waals surface area contributed by atoms with Crippen molar-refractivity contribution in [2.24, 2.45) is 17.6 Å². The number of aliphatic hydroxyl groups excluding tert-OH is 5. The van der Waals surface area contributed by atoms with Gasteiger partial charge in [-0.1, -0.05) is 27.7 Å². The fraction of sp³-hybridized carbons (Fsp3) is 0.800. The van der Waals surface area contributed by atoms with Crippen LogP contribution >= 0.6 is 0 Å². The Balaban J connectivity index is 5.36. The highest BCUT2D eigenvalue weighted by molar-refractivity contribution is 5.94. The molecule has 0 aromatic carbocycles. The molecule has 7 atom stereocenters. The topological polar surface area (TPSA) is 281 Å². The van der Waals surface area contributed by atoms with Gasteiger partial charge in [0.05, 0.1) is 13.2 Å². The Morgan fingerprint density at radius 2 is 1.39 bits per heavy atom. The molecule has 0 unspecified atom stereocenters. The highest BCUT2D eigenvalue weighted by Crippen LogP contribution is 2.10. The lowest BCUT2D eigenvalue weighted by Gasteiger charge is -2.29. The summed E-state index contributed by atoms with van der Waals surface area (Å²) < 4.78 is 0. The van der Waals surface area contributed by atoms with E-state index in [4.69, 9.17) is 10.8 Å². The second kappa shape index (κ2) is 19.3. The molecule has 4 amide bonds.